The second kappa shape index (κ2) is 8.96. The summed E-state index contributed by atoms with van der Waals surface area (Å²) in [4.78, 5) is 14.0. The molecule has 2 aromatic rings. The lowest BCUT2D eigenvalue weighted by atomic mass is 10.1. The van der Waals surface area contributed by atoms with Crippen molar-refractivity contribution in [2.75, 3.05) is 24.6 Å². The van der Waals surface area contributed by atoms with Crippen LogP contribution in [0, 0.1) is 0 Å². The molecule has 1 aliphatic heterocycles. The Balaban J connectivity index is 1.46. The molecule has 1 aromatic heterocycles. The van der Waals surface area contributed by atoms with Crippen LogP contribution in [0.25, 0.3) is 0 Å². The van der Waals surface area contributed by atoms with Crippen LogP contribution in [-0.4, -0.2) is 31.8 Å². The molecule has 0 atom stereocenters. The van der Waals surface area contributed by atoms with Gasteiger partial charge >= 0.3 is 0 Å². The van der Waals surface area contributed by atoms with Crippen LogP contribution in [0.2, 0.25) is 10.0 Å². The number of hydrogen-bond acceptors (Lipinski definition) is 5. The number of piperidine rings is 1. The number of hydrogen-bond donors (Lipinski definition) is 1. The van der Waals surface area contributed by atoms with Crippen molar-refractivity contribution in [3.63, 3.8) is 0 Å². The summed E-state index contributed by atoms with van der Waals surface area (Å²) in [6.07, 6.45) is 5.08. The molecule has 3 rings (SSSR count). The first-order valence-corrected chi connectivity index (χ1v) is 9.12. The van der Waals surface area contributed by atoms with Gasteiger partial charge < -0.3 is 14.1 Å². The zero-order valence-corrected chi connectivity index (χ0v) is 15.6. The Hall–Kier alpha value is -2.18. The molecule has 26 heavy (non-hydrogen) atoms. The predicted octanol–water partition coefficient (Wildman–Crippen LogP) is 4.11. The molecular formula is C18H19Cl2N3O3. The Kier molecular flexibility index (Phi) is 6.41. The quantitative estimate of drug-likeness (QED) is 0.590. The summed E-state index contributed by atoms with van der Waals surface area (Å²) in [7, 11) is 0. The first-order valence-electron chi connectivity index (χ1n) is 8.36. The van der Waals surface area contributed by atoms with Crippen LogP contribution in [0.3, 0.4) is 0 Å². The number of nitrogens with zero attached hydrogens (tertiary/aromatic N) is 2. The summed E-state index contributed by atoms with van der Waals surface area (Å²) < 4.78 is 11.1. The maximum absolute atomic E-state index is 11.8. The Morgan fingerprint density at radius 3 is 2.81 bits per heavy atom. The third kappa shape index (κ3) is 5.16. The van der Waals surface area contributed by atoms with Crippen LogP contribution in [0.1, 0.15) is 25.0 Å². The second-order valence-electron chi connectivity index (χ2n) is 5.88. The molecule has 1 amide bonds. The molecule has 1 aromatic carbocycles. The molecular weight excluding hydrogens is 377 g/mol. The van der Waals surface area contributed by atoms with Gasteiger partial charge in [0.05, 0.1) is 11.2 Å². The number of amides is 1. The highest BCUT2D eigenvalue weighted by atomic mass is 35.5. The molecule has 8 heteroatoms. The van der Waals surface area contributed by atoms with Gasteiger partial charge in [-0.3, -0.25) is 4.79 Å². The van der Waals surface area contributed by atoms with Crippen molar-refractivity contribution in [1.29, 1.82) is 0 Å². The molecule has 1 saturated heterocycles. The van der Waals surface area contributed by atoms with Crippen molar-refractivity contribution in [2.45, 2.75) is 19.3 Å². The van der Waals surface area contributed by atoms with E-state index in [0.717, 1.165) is 19.0 Å². The SMILES string of the molecule is O=C(COc1ccc(Cl)cc1Cl)N/N=C\c1ccc(N2CCCCC2)o1. The number of halogens is 2. The Morgan fingerprint density at radius 2 is 2.04 bits per heavy atom. The lowest BCUT2D eigenvalue weighted by Crippen LogP contribution is -2.28. The third-order valence-electron chi connectivity index (χ3n) is 3.91. The van der Waals surface area contributed by atoms with Crippen LogP contribution < -0.4 is 15.1 Å². The van der Waals surface area contributed by atoms with E-state index >= 15 is 0 Å². The molecule has 2 heterocycles. The topological polar surface area (TPSA) is 67.1 Å². The fourth-order valence-electron chi connectivity index (χ4n) is 2.63. The maximum atomic E-state index is 11.8. The first-order chi connectivity index (χ1) is 12.6. The number of benzene rings is 1. The van der Waals surface area contributed by atoms with Crippen LogP contribution in [0.15, 0.2) is 39.9 Å². The maximum Gasteiger partial charge on any atom is 0.277 e. The van der Waals surface area contributed by atoms with E-state index in [9.17, 15) is 4.79 Å². The fraction of sp³-hybridized carbons (Fsp3) is 0.333. The molecule has 0 spiro atoms. The Morgan fingerprint density at radius 1 is 1.23 bits per heavy atom. The number of hydrazone groups is 1. The third-order valence-corrected chi connectivity index (χ3v) is 4.44. The van der Waals surface area contributed by atoms with Gasteiger partial charge in [0.15, 0.2) is 12.5 Å². The normalized spacial score (nSPS) is 14.6. The van der Waals surface area contributed by atoms with Crippen molar-refractivity contribution < 1.29 is 13.9 Å². The number of rotatable bonds is 6. The summed E-state index contributed by atoms with van der Waals surface area (Å²) >= 11 is 11.8. The van der Waals surface area contributed by atoms with Gasteiger partial charge in [-0.1, -0.05) is 23.2 Å². The summed E-state index contributed by atoms with van der Waals surface area (Å²) in [6.45, 7) is 1.80. The summed E-state index contributed by atoms with van der Waals surface area (Å²) in [5.41, 5.74) is 2.38. The van der Waals surface area contributed by atoms with E-state index in [2.05, 4.69) is 15.4 Å². The van der Waals surface area contributed by atoms with Crippen molar-refractivity contribution in [3.8, 4) is 5.75 Å². The monoisotopic (exact) mass is 395 g/mol. The molecule has 1 fully saturated rings. The average Bonchev–Trinajstić information content (AvgIpc) is 3.11. The molecule has 1 aliphatic rings. The van der Waals surface area contributed by atoms with Gasteiger partial charge in [0, 0.05) is 24.2 Å². The number of anilines is 1. The molecule has 0 aliphatic carbocycles. The van der Waals surface area contributed by atoms with Crippen LogP contribution >= 0.6 is 23.2 Å². The van der Waals surface area contributed by atoms with Gasteiger partial charge in [0.1, 0.15) is 11.5 Å². The van der Waals surface area contributed by atoms with Crippen molar-refractivity contribution in [2.24, 2.45) is 5.10 Å². The molecule has 0 radical (unpaired) electrons. The number of furan rings is 1. The summed E-state index contributed by atoms with van der Waals surface area (Å²) in [5.74, 6) is 1.38. The van der Waals surface area contributed by atoms with Crippen molar-refractivity contribution in [3.05, 3.63) is 46.1 Å². The molecule has 1 N–H and O–H groups in total. The van der Waals surface area contributed by atoms with Crippen LogP contribution in [-0.2, 0) is 4.79 Å². The van der Waals surface area contributed by atoms with E-state index in [1.54, 1.807) is 18.2 Å². The van der Waals surface area contributed by atoms with Gasteiger partial charge in [0.25, 0.3) is 5.91 Å². The fourth-order valence-corrected chi connectivity index (χ4v) is 3.09. The van der Waals surface area contributed by atoms with E-state index in [-0.39, 0.29) is 6.61 Å². The lowest BCUT2D eigenvalue weighted by Gasteiger charge is -2.25. The molecule has 0 bridgehead atoms. The smallest absolute Gasteiger partial charge is 0.277 e. The predicted molar refractivity (Wildman–Crippen MR) is 102 cm³/mol. The number of carbonyl (C=O) groups excluding carboxylic acids is 1. The van der Waals surface area contributed by atoms with E-state index in [1.165, 1.54) is 25.5 Å². The minimum absolute atomic E-state index is 0.212. The van der Waals surface area contributed by atoms with E-state index in [0.29, 0.717) is 21.6 Å². The zero-order valence-electron chi connectivity index (χ0n) is 14.1. The Bertz CT molecular complexity index is 786. The average molecular weight is 396 g/mol. The number of nitrogens with one attached hydrogen (secondary N) is 1. The molecule has 0 saturated carbocycles. The first kappa shape index (κ1) is 18.6. The van der Waals surface area contributed by atoms with Gasteiger partial charge in [-0.2, -0.15) is 5.10 Å². The minimum atomic E-state index is -0.407. The second-order valence-corrected chi connectivity index (χ2v) is 6.72. The number of carbonyl (C=O) groups is 1. The number of ether oxygens (including phenoxy) is 1. The summed E-state index contributed by atoms with van der Waals surface area (Å²) in [5, 5.41) is 4.72. The molecule has 6 nitrogen and oxygen atoms in total. The Labute approximate surface area is 161 Å². The van der Waals surface area contributed by atoms with E-state index in [1.807, 2.05) is 12.1 Å². The van der Waals surface area contributed by atoms with Crippen molar-refractivity contribution in [1.82, 2.24) is 5.43 Å². The minimum Gasteiger partial charge on any atom is -0.482 e. The highest BCUT2D eigenvalue weighted by molar-refractivity contribution is 6.35. The van der Waals surface area contributed by atoms with Crippen LogP contribution in [0.4, 0.5) is 5.88 Å². The van der Waals surface area contributed by atoms with Crippen molar-refractivity contribution >= 4 is 41.2 Å². The van der Waals surface area contributed by atoms with E-state index < -0.39 is 5.91 Å². The highest BCUT2D eigenvalue weighted by Crippen LogP contribution is 2.27. The van der Waals surface area contributed by atoms with Crippen LogP contribution in [0.5, 0.6) is 5.75 Å². The molecule has 138 valence electrons. The highest BCUT2D eigenvalue weighted by Gasteiger charge is 2.13. The standard InChI is InChI=1S/C18H19Cl2N3O3/c19-13-4-6-16(15(20)10-13)25-12-17(24)22-21-11-14-5-7-18(26-14)23-8-2-1-3-9-23/h4-7,10-11H,1-3,8-9,12H2,(H,22,24)/b21-11-. The largest absolute Gasteiger partial charge is 0.482 e. The zero-order chi connectivity index (χ0) is 18.4. The van der Waals surface area contributed by atoms with Gasteiger partial charge in [-0.25, -0.2) is 5.43 Å². The van der Waals surface area contributed by atoms with E-state index in [4.69, 9.17) is 32.4 Å². The summed E-state index contributed by atoms with van der Waals surface area (Å²) in [6, 6.07) is 8.52. The molecule has 0 unspecified atom stereocenters. The van der Waals surface area contributed by atoms with Gasteiger partial charge in [-0.05, 0) is 43.5 Å². The van der Waals surface area contributed by atoms with Gasteiger partial charge in [-0.15, -0.1) is 0 Å². The van der Waals surface area contributed by atoms with Gasteiger partial charge in [0.2, 0.25) is 0 Å². The lowest BCUT2D eigenvalue weighted by molar-refractivity contribution is -0.123.